The summed E-state index contributed by atoms with van der Waals surface area (Å²) in [5.41, 5.74) is 2.17. The van der Waals surface area contributed by atoms with Crippen LogP contribution < -0.4 is 4.90 Å². The maximum Gasteiger partial charge on any atom is 0.140 e. The molecular weight excluding hydrogens is 278 g/mol. The van der Waals surface area contributed by atoms with Crippen molar-refractivity contribution in [1.82, 2.24) is 9.97 Å². The van der Waals surface area contributed by atoms with Crippen molar-refractivity contribution in [1.29, 1.82) is 0 Å². The molecule has 1 unspecified atom stereocenters. The lowest BCUT2D eigenvalue weighted by Gasteiger charge is -2.33. The summed E-state index contributed by atoms with van der Waals surface area (Å²) >= 11 is 0. The Bertz CT molecular complexity index is 780. The minimum Gasteiger partial charge on any atom is -0.467 e. The van der Waals surface area contributed by atoms with Crippen LogP contribution in [0.3, 0.4) is 0 Å². The number of morpholine rings is 1. The SMILES string of the molecule is Cc1cccc2ncnc(N3CCOC(c4ccco4)C3)c12. The van der Waals surface area contributed by atoms with Crippen molar-refractivity contribution in [3.63, 3.8) is 0 Å². The summed E-state index contributed by atoms with van der Waals surface area (Å²) in [6.45, 7) is 4.30. The molecule has 0 bridgehead atoms. The minimum atomic E-state index is -0.0576. The largest absolute Gasteiger partial charge is 0.467 e. The van der Waals surface area contributed by atoms with E-state index in [-0.39, 0.29) is 6.10 Å². The maximum absolute atomic E-state index is 5.84. The van der Waals surface area contributed by atoms with Gasteiger partial charge in [0.1, 0.15) is 24.0 Å². The molecule has 3 heterocycles. The zero-order valence-electron chi connectivity index (χ0n) is 12.4. The molecule has 1 fully saturated rings. The van der Waals surface area contributed by atoms with E-state index < -0.39 is 0 Å². The van der Waals surface area contributed by atoms with Gasteiger partial charge >= 0.3 is 0 Å². The zero-order chi connectivity index (χ0) is 14.9. The molecule has 0 N–H and O–H groups in total. The average Bonchev–Trinajstić information content (AvgIpc) is 3.09. The number of furan rings is 1. The number of aromatic nitrogens is 2. The molecule has 4 rings (SSSR count). The van der Waals surface area contributed by atoms with Crippen LogP contribution in [0.5, 0.6) is 0 Å². The van der Waals surface area contributed by atoms with Gasteiger partial charge in [0, 0.05) is 11.9 Å². The monoisotopic (exact) mass is 295 g/mol. The second kappa shape index (κ2) is 5.42. The fraction of sp³-hybridized carbons (Fsp3) is 0.294. The summed E-state index contributed by atoms with van der Waals surface area (Å²) in [7, 11) is 0. The number of fused-ring (bicyclic) bond motifs is 1. The van der Waals surface area contributed by atoms with E-state index in [1.807, 2.05) is 24.3 Å². The molecule has 1 saturated heterocycles. The number of nitrogens with zero attached hydrogens (tertiary/aromatic N) is 3. The standard InChI is InChI=1S/C17H17N3O2/c1-12-4-2-5-13-16(12)17(19-11-18-13)20-7-9-22-15(10-20)14-6-3-8-21-14/h2-6,8,11,15H,7,9-10H2,1H3. The molecule has 112 valence electrons. The van der Waals surface area contributed by atoms with Crippen LogP contribution in [0.2, 0.25) is 0 Å². The first kappa shape index (κ1) is 13.3. The van der Waals surface area contributed by atoms with E-state index in [4.69, 9.17) is 9.15 Å². The third-order valence-corrected chi connectivity index (χ3v) is 4.08. The van der Waals surface area contributed by atoms with Gasteiger partial charge in [-0.15, -0.1) is 0 Å². The lowest BCUT2D eigenvalue weighted by atomic mass is 10.1. The first-order valence-corrected chi connectivity index (χ1v) is 7.43. The van der Waals surface area contributed by atoms with E-state index in [1.165, 1.54) is 5.56 Å². The molecule has 1 aromatic carbocycles. The first-order chi connectivity index (χ1) is 10.8. The second-order valence-corrected chi connectivity index (χ2v) is 5.49. The topological polar surface area (TPSA) is 51.4 Å². The number of benzene rings is 1. The summed E-state index contributed by atoms with van der Waals surface area (Å²) < 4.78 is 11.3. The van der Waals surface area contributed by atoms with E-state index in [0.29, 0.717) is 6.61 Å². The molecule has 1 aliphatic rings. The molecule has 0 aliphatic carbocycles. The van der Waals surface area contributed by atoms with Crippen molar-refractivity contribution < 1.29 is 9.15 Å². The van der Waals surface area contributed by atoms with Crippen molar-refractivity contribution in [2.24, 2.45) is 0 Å². The molecule has 0 radical (unpaired) electrons. The Morgan fingerprint density at radius 2 is 2.14 bits per heavy atom. The van der Waals surface area contributed by atoms with Gasteiger partial charge in [-0.25, -0.2) is 9.97 Å². The van der Waals surface area contributed by atoms with Gasteiger partial charge in [0.2, 0.25) is 0 Å². The van der Waals surface area contributed by atoms with E-state index in [2.05, 4.69) is 27.9 Å². The number of ether oxygens (including phenoxy) is 1. The van der Waals surface area contributed by atoms with Gasteiger partial charge in [-0.3, -0.25) is 0 Å². The number of hydrogen-bond donors (Lipinski definition) is 0. The van der Waals surface area contributed by atoms with Crippen molar-refractivity contribution >= 4 is 16.7 Å². The Labute approximate surface area is 128 Å². The Kier molecular flexibility index (Phi) is 3.27. The predicted octanol–water partition coefficient (Wildman–Crippen LogP) is 3.11. The third-order valence-electron chi connectivity index (χ3n) is 4.08. The van der Waals surface area contributed by atoms with Gasteiger partial charge in [0.25, 0.3) is 0 Å². The van der Waals surface area contributed by atoms with Gasteiger partial charge in [-0.1, -0.05) is 12.1 Å². The smallest absolute Gasteiger partial charge is 0.140 e. The van der Waals surface area contributed by atoms with Crippen molar-refractivity contribution in [2.75, 3.05) is 24.6 Å². The van der Waals surface area contributed by atoms with Gasteiger partial charge in [0.05, 0.1) is 24.9 Å². The number of aryl methyl sites for hydroxylation is 1. The molecule has 1 aliphatic heterocycles. The van der Waals surface area contributed by atoms with Crippen LogP contribution in [0.25, 0.3) is 10.9 Å². The molecule has 5 heteroatoms. The molecule has 1 atom stereocenters. The van der Waals surface area contributed by atoms with Crippen LogP contribution in [-0.2, 0) is 4.74 Å². The van der Waals surface area contributed by atoms with E-state index in [9.17, 15) is 0 Å². The van der Waals surface area contributed by atoms with Crippen LogP contribution in [0.4, 0.5) is 5.82 Å². The normalized spacial score (nSPS) is 18.8. The fourth-order valence-corrected chi connectivity index (χ4v) is 2.99. The van der Waals surface area contributed by atoms with Crippen molar-refractivity contribution in [2.45, 2.75) is 13.0 Å². The van der Waals surface area contributed by atoms with Crippen LogP contribution in [0.1, 0.15) is 17.4 Å². The van der Waals surface area contributed by atoms with Gasteiger partial charge < -0.3 is 14.1 Å². The number of anilines is 1. The Morgan fingerprint density at radius 3 is 3.00 bits per heavy atom. The summed E-state index contributed by atoms with van der Waals surface area (Å²) in [5.74, 6) is 1.84. The van der Waals surface area contributed by atoms with Crippen molar-refractivity contribution in [3.8, 4) is 0 Å². The second-order valence-electron chi connectivity index (χ2n) is 5.49. The zero-order valence-corrected chi connectivity index (χ0v) is 12.4. The molecular formula is C17H17N3O2. The number of rotatable bonds is 2. The fourth-order valence-electron chi connectivity index (χ4n) is 2.99. The molecule has 3 aromatic rings. The lowest BCUT2D eigenvalue weighted by Crippen LogP contribution is -2.39. The van der Waals surface area contributed by atoms with E-state index in [1.54, 1.807) is 12.6 Å². The van der Waals surface area contributed by atoms with Crippen LogP contribution in [0.15, 0.2) is 47.3 Å². The third kappa shape index (κ3) is 2.23. The summed E-state index contributed by atoms with van der Waals surface area (Å²) in [6.07, 6.45) is 3.26. The van der Waals surface area contributed by atoms with Crippen LogP contribution >= 0.6 is 0 Å². The van der Waals surface area contributed by atoms with Gasteiger partial charge in [0.15, 0.2) is 0 Å². The minimum absolute atomic E-state index is 0.0576. The van der Waals surface area contributed by atoms with Gasteiger partial charge in [-0.05, 0) is 30.7 Å². The van der Waals surface area contributed by atoms with E-state index >= 15 is 0 Å². The van der Waals surface area contributed by atoms with Crippen LogP contribution in [-0.4, -0.2) is 29.7 Å². The molecule has 5 nitrogen and oxygen atoms in total. The van der Waals surface area contributed by atoms with E-state index in [0.717, 1.165) is 35.6 Å². The van der Waals surface area contributed by atoms with Gasteiger partial charge in [-0.2, -0.15) is 0 Å². The molecule has 0 saturated carbocycles. The highest BCUT2D eigenvalue weighted by atomic mass is 16.5. The predicted molar refractivity (Wildman–Crippen MR) is 83.9 cm³/mol. The van der Waals surface area contributed by atoms with Crippen molar-refractivity contribution in [3.05, 3.63) is 54.2 Å². The van der Waals surface area contributed by atoms with Crippen LogP contribution in [0, 0.1) is 6.92 Å². The highest BCUT2D eigenvalue weighted by molar-refractivity contribution is 5.92. The first-order valence-electron chi connectivity index (χ1n) is 7.43. The Balaban J connectivity index is 1.72. The highest BCUT2D eigenvalue weighted by Gasteiger charge is 2.26. The molecule has 22 heavy (non-hydrogen) atoms. The highest BCUT2D eigenvalue weighted by Crippen LogP contribution is 2.30. The average molecular weight is 295 g/mol. The molecule has 2 aromatic heterocycles. The quantitative estimate of drug-likeness (QED) is 0.727. The molecule has 0 amide bonds. The Morgan fingerprint density at radius 1 is 1.18 bits per heavy atom. The summed E-state index contributed by atoms with van der Waals surface area (Å²) in [6, 6.07) is 10.00. The maximum atomic E-state index is 5.84. The summed E-state index contributed by atoms with van der Waals surface area (Å²) in [5, 5.41) is 1.12. The molecule has 0 spiro atoms. The Hall–Kier alpha value is -2.40. The number of hydrogen-bond acceptors (Lipinski definition) is 5. The summed E-state index contributed by atoms with van der Waals surface area (Å²) in [4.78, 5) is 11.2. The lowest BCUT2D eigenvalue weighted by molar-refractivity contribution is 0.0256.